The molecule has 1 N–H and O–H groups in total. The number of rotatable bonds is 5. The number of piperidine rings is 1. The van der Waals surface area contributed by atoms with Crippen LogP contribution in [0.1, 0.15) is 28.9 Å². The Bertz CT molecular complexity index is 1050. The van der Waals surface area contributed by atoms with E-state index in [9.17, 15) is 4.79 Å². The molecular weight excluding hydrogens is 392 g/mol. The summed E-state index contributed by atoms with van der Waals surface area (Å²) in [6, 6.07) is 19.5. The summed E-state index contributed by atoms with van der Waals surface area (Å²) in [5.41, 5.74) is 2.31. The van der Waals surface area contributed by atoms with Crippen LogP contribution < -0.4 is 19.7 Å². The molecule has 0 unspecified atom stereocenters. The molecule has 7 nitrogen and oxygen atoms in total. The van der Waals surface area contributed by atoms with Crippen molar-refractivity contribution in [1.82, 2.24) is 10.2 Å². The quantitative estimate of drug-likeness (QED) is 0.679. The van der Waals surface area contributed by atoms with Crippen LogP contribution in [0.15, 0.2) is 60.7 Å². The highest BCUT2D eigenvalue weighted by molar-refractivity contribution is 6.03. The second-order valence-corrected chi connectivity index (χ2v) is 7.92. The van der Waals surface area contributed by atoms with Crippen molar-refractivity contribution in [3.8, 4) is 11.5 Å². The van der Waals surface area contributed by atoms with Gasteiger partial charge < -0.3 is 19.7 Å². The second kappa shape index (κ2) is 8.63. The Morgan fingerprint density at radius 3 is 2.55 bits per heavy atom. The van der Waals surface area contributed by atoms with E-state index < -0.39 is 0 Å². The van der Waals surface area contributed by atoms with Crippen molar-refractivity contribution < 1.29 is 14.3 Å². The molecule has 158 valence electrons. The Morgan fingerprint density at radius 1 is 0.968 bits per heavy atom. The molecule has 1 amide bonds. The van der Waals surface area contributed by atoms with Gasteiger partial charge in [0, 0.05) is 24.8 Å². The van der Waals surface area contributed by atoms with Crippen molar-refractivity contribution in [3.05, 3.63) is 71.9 Å². The maximum Gasteiger partial charge on any atom is 0.276 e. The van der Waals surface area contributed by atoms with E-state index in [1.54, 1.807) is 24.3 Å². The van der Waals surface area contributed by atoms with Crippen LogP contribution in [0.25, 0.3) is 0 Å². The lowest BCUT2D eigenvalue weighted by atomic mass is 9.90. The molecular formula is C24H24N4O3. The molecule has 0 radical (unpaired) electrons. The Balaban J connectivity index is 1.16. The van der Waals surface area contributed by atoms with Gasteiger partial charge in [-0.15, -0.1) is 10.2 Å². The highest BCUT2D eigenvalue weighted by atomic mass is 16.7. The van der Waals surface area contributed by atoms with Gasteiger partial charge in [0.1, 0.15) is 0 Å². The molecule has 2 aromatic carbocycles. The molecule has 5 rings (SSSR count). The lowest BCUT2D eigenvalue weighted by molar-refractivity contribution is 0.102. The van der Waals surface area contributed by atoms with Gasteiger partial charge in [-0.3, -0.25) is 4.79 Å². The first-order valence-corrected chi connectivity index (χ1v) is 10.6. The summed E-state index contributed by atoms with van der Waals surface area (Å²) in [7, 11) is 0. The highest BCUT2D eigenvalue weighted by Gasteiger charge is 2.21. The van der Waals surface area contributed by atoms with E-state index in [4.69, 9.17) is 9.47 Å². The van der Waals surface area contributed by atoms with Gasteiger partial charge in [0.05, 0.1) is 0 Å². The number of amides is 1. The molecule has 0 bridgehead atoms. The van der Waals surface area contributed by atoms with Gasteiger partial charge in [-0.2, -0.15) is 0 Å². The number of carbonyl (C=O) groups excluding carboxylic acids is 1. The topological polar surface area (TPSA) is 76.6 Å². The third kappa shape index (κ3) is 4.45. The fourth-order valence-electron chi connectivity index (χ4n) is 4.10. The molecule has 1 saturated heterocycles. The molecule has 7 heteroatoms. The number of benzene rings is 2. The standard InChI is InChI=1S/C24H24N4O3/c29-24(25-19-6-8-21-22(15-19)31-16-30-21)20-7-9-23(27-26-20)28-12-10-18(11-13-28)14-17-4-2-1-3-5-17/h1-9,15,18H,10-14,16H2,(H,25,29). The number of nitrogens with one attached hydrogen (secondary N) is 1. The van der Waals surface area contributed by atoms with Crippen molar-refractivity contribution in [2.45, 2.75) is 19.3 Å². The van der Waals surface area contributed by atoms with E-state index in [0.717, 1.165) is 38.2 Å². The molecule has 1 aromatic heterocycles. The zero-order valence-corrected chi connectivity index (χ0v) is 17.2. The third-order valence-electron chi connectivity index (χ3n) is 5.82. The minimum absolute atomic E-state index is 0.198. The first kappa shape index (κ1) is 19.4. The number of nitrogens with zero attached hydrogens (tertiary/aromatic N) is 3. The number of anilines is 2. The summed E-state index contributed by atoms with van der Waals surface area (Å²) in [6.45, 7) is 2.10. The largest absolute Gasteiger partial charge is 0.454 e. The van der Waals surface area contributed by atoms with Crippen LogP contribution in [0.5, 0.6) is 11.5 Å². The number of hydrogen-bond donors (Lipinski definition) is 1. The molecule has 0 spiro atoms. The van der Waals surface area contributed by atoms with Gasteiger partial charge >= 0.3 is 0 Å². The van der Waals surface area contributed by atoms with Crippen molar-refractivity contribution >= 4 is 17.4 Å². The summed E-state index contributed by atoms with van der Waals surface area (Å²) in [5, 5.41) is 11.3. The van der Waals surface area contributed by atoms with Crippen molar-refractivity contribution in [3.63, 3.8) is 0 Å². The highest BCUT2D eigenvalue weighted by Crippen LogP contribution is 2.34. The molecule has 1 fully saturated rings. The maximum absolute atomic E-state index is 12.5. The van der Waals surface area contributed by atoms with Gasteiger partial charge in [-0.25, -0.2) is 0 Å². The van der Waals surface area contributed by atoms with Gasteiger partial charge in [-0.1, -0.05) is 30.3 Å². The number of fused-ring (bicyclic) bond motifs is 1. The van der Waals surface area contributed by atoms with Gasteiger partial charge in [0.2, 0.25) is 6.79 Å². The Kier molecular flexibility index (Phi) is 5.39. The number of ether oxygens (including phenoxy) is 2. The molecule has 2 aliphatic heterocycles. The minimum atomic E-state index is -0.306. The lowest BCUT2D eigenvalue weighted by Crippen LogP contribution is -2.35. The SMILES string of the molecule is O=C(Nc1ccc2c(c1)OCO2)c1ccc(N2CCC(Cc3ccccc3)CC2)nn1. The van der Waals surface area contributed by atoms with E-state index in [0.29, 0.717) is 23.1 Å². The smallest absolute Gasteiger partial charge is 0.276 e. The first-order chi connectivity index (χ1) is 15.2. The van der Waals surface area contributed by atoms with Gasteiger partial charge in [0.25, 0.3) is 5.91 Å². The predicted octanol–water partition coefficient (Wildman–Crippen LogP) is 3.92. The summed E-state index contributed by atoms with van der Waals surface area (Å²) in [6.07, 6.45) is 3.38. The van der Waals surface area contributed by atoms with E-state index in [1.165, 1.54) is 5.56 Å². The van der Waals surface area contributed by atoms with Crippen LogP contribution in [0, 0.1) is 5.92 Å². The number of aromatic nitrogens is 2. The normalized spacial score (nSPS) is 15.7. The zero-order valence-electron chi connectivity index (χ0n) is 17.2. The second-order valence-electron chi connectivity index (χ2n) is 7.92. The fourth-order valence-corrected chi connectivity index (χ4v) is 4.10. The molecule has 0 aliphatic carbocycles. The van der Waals surface area contributed by atoms with Crippen LogP contribution in [-0.2, 0) is 6.42 Å². The predicted molar refractivity (Wildman–Crippen MR) is 118 cm³/mol. The molecule has 0 atom stereocenters. The summed E-state index contributed by atoms with van der Waals surface area (Å²) < 4.78 is 10.6. The average Bonchev–Trinajstić information content (AvgIpc) is 3.28. The average molecular weight is 416 g/mol. The lowest BCUT2D eigenvalue weighted by Gasteiger charge is -2.32. The summed E-state index contributed by atoms with van der Waals surface area (Å²) in [5.74, 6) is 2.50. The van der Waals surface area contributed by atoms with Gasteiger partial charge in [-0.05, 0) is 55.0 Å². The first-order valence-electron chi connectivity index (χ1n) is 10.6. The summed E-state index contributed by atoms with van der Waals surface area (Å²) in [4.78, 5) is 14.8. The van der Waals surface area contributed by atoms with Crippen LogP contribution in [0.4, 0.5) is 11.5 Å². The van der Waals surface area contributed by atoms with E-state index in [2.05, 4.69) is 50.7 Å². The number of hydrogen-bond acceptors (Lipinski definition) is 6. The van der Waals surface area contributed by atoms with Gasteiger partial charge in [0.15, 0.2) is 23.0 Å². The third-order valence-corrected chi connectivity index (χ3v) is 5.82. The van der Waals surface area contributed by atoms with Crippen molar-refractivity contribution in [2.75, 3.05) is 30.1 Å². The van der Waals surface area contributed by atoms with Crippen LogP contribution in [-0.4, -0.2) is 36.0 Å². The van der Waals surface area contributed by atoms with Crippen LogP contribution in [0.3, 0.4) is 0 Å². The Labute approximate surface area is 181 Å². The van der Waals surface area contributed by atoms with Crippen molar-refractivity contribution in [2.24, 2.45) is 5.92 Å². The zero-order chi connectivity index (χ0) is 21.0. The molecule has 0 saturated carbocycles. The van der Waals surface area contributed by atoms with Crippen LogP contribution >= 0.6 is 0 Å². The van der Waals surface area contributed by atoms with E-state index >= 15 is 0 Å². The maximum atomic E-state index is 12.5. The summed E-state index contributed by atoms with van der Waals surface area (Å²) >= 11 is 0. The Morgan fingerprint density at radius 2 is 1.77 bits per heavy atom. The molecule has 31 heavy (non-hydrogen) atoms. The van der Waals surface area contributed by atoms with E-state index in [-0.39, 0.29) is 18.4 Å². The monoisotopic (exact) mass is 416 g/mol. The fraction of sp³-hybridized carbons (Fsp3) is 0.292. The van der Waals surface area contributed by atoms with E-state index in [1.807, 2.05) is 6.07 Å². The Hall–Kier alpha value is -3.61. The van der Waals surface area contributed by atoms with Crippen molar-refractivity contribution in [1.29, 1.82) is 0 Å². The molecule has 3 aromatic rings. The molecule has 3 heterocycles. The number of carbonyl (C=O) groups is 1. The minimum Gasteiger partial charge on any atom is -0.454 e. The van der Waals surface area contributed by atoms with Crippen LogP contribution in [0.2, 0.25) is 0 Å². The molecule has 2 aliphatic rings.